The minimum Gasteiger partial charge on any atom is -0.103 e. The minimum absolute atomic E-state index is 0.834. The van der Waals surface area contributed by atoms with Gasteiger partial charge in [0.25, 0.3) is 0 Å². The Bertz CT molecular complexity index is 261. The zero-order chi connectivity index (χ0) is 8.65. The summed E-state index contributed by atoms with van der Waals surface area (Å²) in [7, 11) is 0. The first kappa shape index (κ1) is 8.87. The quantitative estimate of drug-likeness (QED) is 0.579. The second-order valence-electron chi connectivity index (χ2n) is 2.67. The lowest BCUT2D eigenvalue weighted by Crippen LogP contribution is -1.79. The second-order valence-corrected chi connectivity index (χ2v) is 2.67. The molecule has 12 heavy (non-hydrogen) atoms. The summed E-state index contributed by atoms with van der Waals surface area (Å²) in [5.41, 5.74) is 1.18. The minimum atomic E-state index is 0.834. The van der Waals surface area contributed by atoms with Gasteiger partial charge in [-0.05, 0) is 18.1 Å². The van der Waals surface area contributed by atoms with Crippen molar-refractivity contribution in [3.05, 3.63) is 35.9 Å². The van der Waals surface area contributed by atoms with E-state index in [2.05, 4.69) is 30.9 Å². The van der Waals surface area contributed by atoms with E-state index in [-0.39, 0.29) is 0 Å². The molecule has 0 aliphatic rings. The summed E-state index contributed by atoms with van der Waals surface area (Å²) in [6.07, 6.45) is 2.99. The Hall–Kier alpha value is -1.22. The molecule has 0 heteroatoms. The van der Waals surface area contributed by atoms with E-state index in [0.717, 1.165) is 19.3 Å². The standard InChI is InChI=1S/C12H13/c1-2-3-4-6-9-12-10-7-5-8-11-12/h5,7-8,10H,2-3,9H2,1H3. The zero-order valence-electron chi connectivity index (χ0n) is 7.43. The van der Waals surface area contributed by atoms with E-state index in [1.165, 1.54) is 5.56 Å². The van der Waals surface area contributed by atoms with Gasteiger partial charge >= 0.3 is 0 Å². The molecular weight excluding hydrogens is 144 g/mol. The third-order valence-corrected chi connectivity index (χ3v) is 1.55. The molecule has 0 nitrogen and oxygen atoms in total. The average molecular weight is 157 g/mol. The summed E-state index contributed by atoms with van der Waals surface area (Å²) < 4.78 is 0. The molecule has 0 unspecified atom stereocenters. The van der Waals surface area contributed by atoms with Crippen molar-refractivity contribution >= 4 is 0 Å². The molecule has 0 amide bonds. The molecular formula is C12H13. The van der Waals surface area contributed by atoms with E-state index >= 15 is 0 Å². The number of rotatable bonds is 2. The largest absolute Gasteiger partial charge is 0.103 e. The highest BCUT2D eigenvalue weighted by atomic mass is 13.9. The Balaban J connectivity index is 2.40. The molecule has 0 aromatic heterocycles. The predicted molar refractivity (Wildman–Crippen MR) is 51.7 cm³/mol. The van der Waals surface area contributed by atoms with Crippen molar-refractivity contribution in [3.8, 4) is 11.8 Å². The SMILES string of the molecule is CCCC#CCc1[c]cccc1. The summed E-state index contributed by atoms with van der Waals surface area (Å²) in [6.45, 7) is 2.14. The second kappa shape index (κ2) is 5.43. The number of hydrogen-bond acceptors (Lipinski definition) is 0. The maximum absolute atomic E-state index is 3.14. The summed E-state index contributed by atoms with van der Waals surface area (Å²) >= 11 is 0. The molecule has 0 aliphatic heterocycles. The van der Waals surface area contributed by atoms with E-state index in [9.17, 15) is 0 Å². The van der Waals surface area contributed by atoms with Gasteiger partial charge < -0.3 is 0 Å². The summed E-state index contributed by atoms with van der Waals surface area (Å²) in [5.74, 6) is 6.23. The van der Waals surface area contributed by atoms with Gasteiger partial charge in [-0.3, -0.25) is 0 Å². The lowest BCUT2D eigenvalue weighted by molar-refractivity contribution is 0.981. The molecule has 1 aromatic carbocycles. The molecule has 0 bridgehead atoms. The first-order chi connectivity index (χ1) is 5.93. The monoisotopic (exact) mass is 157 g/mol. The van der Waals surface area contributed by atoms with Gasteiger partial charge in [0.05, 0.1) is 0 Å². The fourth-order valence-corrected chi connectivity index (χ4v) is 0.912. The molecule has 0 fully saturated rings. The third kappa shape index (κ3) is 3.25. The molecule has 0 heterocycles. The number of benzene rings is 1. The Labute approximate surface area is 74.6 Å². The van der Waals surface area contributed by atoms with E-state index in [1.54, 1.807) is 0 Å². The van der Waals surface area contributed by atoms with Crippen LogP contribution in [0.5, 0.6) is 0 Å². The fourth-order valence-electron chi connectivity index (χ4n) is 0.912. The van der Waals surface area contributed by atoms with E-state index in [4.69, 9.17) is 0 Å². The van der Waals surface area contributed by atoms with Crippen molar-refractivity contribution in [1.82, 2.24) is 0 Å². The molecule has 0 spiro atoms. The third-order valence-electron chi connectivity index (χ3n) is 1.55. The molecule has 0 saturated carbocycles. The van der Waals surface area contributed by atoms with Crippen molar-refractivity contribution in [2.24, 2.45) is 0 Å². The van der Waals surface area contributed by atoms with Crippen molar-refractivity contribution < 1.29 is 0 Å². The highest BCUT2D eigenvalue weighted by Crippen LogP contribution is 1.96. The van der Waals surface area contributed by atoms with Crippen LogP contribution >= 0.6 is 0 Å². The summed E-state index contributed by atoms with van der Waals surface area (Å²) in [4.78, 5) is 0. The van der Waals surface area contributed by atoms with Crippen molar-refractivity contribution in [2.75, 3.05) is 0 Å². The molecule has 0 atom stereocenters. The number of hydrogen-bond donors (Lipinski definition) is 0. The Morgan fingerprint density at radius 3 is 2.92 bits per heavy atom. The maximum Gasteiger partial charge on any atom is 0.0346 e. The van der Waals surface area contributed by atoms with Gasteiger partial charge in [0, 0.05) is 12.8 Å². The highest BCUT2D eigenvalue weighted by Gasteiger charge is 1.84. The van der Waals surface area contributed by atoms with Crippen molar-refractivity contribution in [3.63, 3.8) is 0 Å². The lowest BCUT2D eigenvalue weighted by Gasteiger charge is -1.90. The molecule has 1 aromatic rings. The normalized spacial score (nSPS) is 8.75. The Kier molecular flexibility index (Phi) is 4.02. The molecule has 1 radical (unpaired) electrons. The van der Waals surface area contributed by atoms with Crippen LogP contribution in [0.4, 0.5) is 0 Å². The first-order valence-corrected chi connectivity index (χ1v) is 4.35. The van der Waals surface area contributed by atoms with Crippen LogP contribution in [0.3, 0.4) is 0 Å². The Morgan fingerprint density at radius 1 is 1.33 bits per heavy atom. The van der Waals surface area contributed by atoms with Crippen LogP contribution < -0.4 is 0 Å². The van der Waals surface area contributed by atoms with Crippen LogP contribution in [0.2, 0.25) is 0 Å². The molecule has 0 aliphatic carbocycles. The average Bonchev–Trinajstić information content (AvgIpc) is 2.14. The molecule has 1 rings (SSSR count). The van der Waals surface area contributed by atoms with Gasteiger partial charge in [0.15, 0.2) is 0 Å². The fraction of sp³-hybridized carbons (Fsp3) is 0.333. The van der Waals surface area contributed by atoms with Crippen LogP contribution in [0.1, 0.15) is 25.3 Å². The van der Waals surface area contributed by atoms with Gasteiger partial charge in [-0.25, -0.2) is 0 Å². The first-order valence-electron chi connectivity index (χ1n) is 4.35. The summed E-state index contributed by atoms with van der Waals surface area (Å²) in [6, 6.07) is 11.1. The topological polar surface area (TPSA) is 0 Å². The predicted octanol–water partition coefficient (Wildman–Crippen LogP) is 2.83. The van der Waals surface area contributed by atoms with E-state index < -0.39 is 0 Å². The van der Waals surface area contributed by atoms with Gasteiger partial charge in [0.2, 0.25) is 0 Å². The van der Waals surface area contributed by atoms with Crippen LogP contribution in [-0.2, 0) is 6.42 Å². The highest BCUT2D eigenvalue weighted by molar-refractivity contribution is 5.19. The number of unbranched alkanes of at least 4 members (excludes halogenated alkanes) is 1. The summed E-state index contributed by atoms with van der Waals surface area (Å²) in [5, 5.41) is 0. The molecule has 0 saturated heterocycles. The van der Waals surface area contributed by atoms with Gasteiger partial charge in [-0.2, -0.15) is 0 Å². The van der Waals surface area contributed by atoms with E-state index in [0.29, 0.717) is 0 Å². The maximum atomic E-state index is 3.14. The Morgan fingerprint density at radius 2 is 2.25 bits per heavy atom. The van der Waals surface area contributed by atoms with Crippen LogP contribution in [0, 0.1) is 17.9 Å². The zero-order valence-corrected chi connectivity index (χ0v) is 7.43. The van der Waals surface area contributed by atoms with Crippen LogP contribution in [-0.4, -0.2) is 0 Å². The van der Waals surface area contributed by atoms with Crippen LogP contribution in [0.25, 0.3) is 0 Å². The molecule has 0 N–H and O–H groups in total. The van der Waals surface area contributed by atoms with Crippen molar-refractivity contribution in [1.29, 1.82) is 0 Å². The van der Waals surface area contributed by atoms with Crippen molar-refractivity contribution in [2.45, 2.75) is 26.2 Å². The van der Waals surface area contributed by atoms with Gasteiger partial charge in [-0.1, -0.05) is 37.1 Å². The lowest BCUT2D eigenvalue weighted by atomic mass is 10.1. The van der Waals surface area contributed by atoms with Gasteiger partial charge in [0.1, 0.15) is 0 Å². The smallest absolute Gasteiger partial charge is 0.0346 e. The van der Waals surface area contributed by atoms with Gasteiger partial charge in [-0.15, -0.1) is 5.92 Å². The van der Waals surface area contributed by atoms with E-state index in [1.807, 2.05) is 18.2 Å². The van der Waals surface area contributed by atoms with Crippen LogP contribution in [0.15, 0.2) is 24.3 Å². The molecule has 61 valence electrons.